The molecule has 2 aromatic rings. The highest BCUT2D eigenvalue weighted by atomic mass is 35.5. The number of ether oxygens (including phenoxy) is 1. The first-order chi connectivity index (χ1) is 14.2. The number of hydrogen-bond donors (Lipinski definition) is 1. The number of nitrogens with one attached hydrogen (secondary N) is 1. The zero-order valence-corrected chi connectivity index (χ0v) is 17.2. The Bertz CT molecular complexity index is 930. The Morgan fingerprint density at radius 2 is 1.83 bits per heavy atom. The van der Waals surface area contributed by atoms with E-state index in [1.807, 2.05) is 30.3 Å². The van der Waals surface area contributed by atoms with Crippen LogP contribution in [-0.2, 0) is 4.74 Å². The summed E-state index contributed by atoms with van der Waals surface area (Å²) < 4.78 is 5.79. The molecule has 0 spiro atoms. The van der Waals surface area contributed by atoms with Crippen molar-refractivity contribution in [2.75, 3.05) is 5.32 Å². The standard InChI is InChI=1S/C25H26ClNO2/c26-18-12-9-16(10-13-18)24-21-8-4-7-20(21)22-15-17(11-14-23(22)27-24)25(28)29-19-5-2-1-3-6-19/h4,7,9-15,19-21,24,27H,1-3,5-6,8H2. The van der Waals surface area contributed by atoms with Gasteiger partial charge in [0.15, 0.2) is 0 Å². The second-order valence-electron chi connectivity index (χ2n) is 8.49. The van der Waals surface area contributed by atoms with Crippen molar-refractivity contribution < 1.29 is 9.53 Å². The van der Waals surface area contributed by atoms with Crippen LogP contribution in [0.1, 0.15) is 72.0 Å². The summed E-state index contributed by atoms with van der Waals surface area (Å²) in [6, 6.07) is 14.3. The number of allylic oxidation sites excluding steroid dienone is 2. The zero-order valence-electron chi connectivity index (χ0n) is 16.4. The predicted octanol–water partition coefficient (Wildman–Crippen LogP) is 6.66. The third-order valence-corrected chi connectivity index (χ3v) is 6.91. The molecule has 4 heteroatoms. The first kappa shape index (κ1) is 18.7. The summed E-state index contributed by atoms with van der Waals surface area (Å²) in [5.74, 6) is 0.570. The van der Waals surface area contributed by atoms with Gasteiger partial charge in [0, 0.05) is 16.6 Å². The molecule has 5 rings (SSSR count). The Hall–Kier alpha value is -2.26. The van der Waals surface area contributed by atoms with Crippen LogP contribution in [0.3, 0.4) is 0 Å². The summed E-state index contributed by atoms with van der Waals surface area (Å²) in [7, 11) is 0. The summed E-state index contributed by atoms with van der Waals surface area (Å²) in [5.41, 5.74) is 4.22. The van der Waals surface area contributed by atoms with E-state index in [-0.39, 0.29) is 18.1 Å². The first-order valence-corrected chi connectivity index (χ1v) is 11.1. The van der Waals surface area contributed by atoms with Crippen molar-refractivity contribution in [3.63, 3.8) is 0 Å². The largest absolute Gasteiger partial charge is 0.459 e. The SMILES string of the molecule is O=C(OC1CCCCC1)c1ccc2c(c1)C1C=CCC1C(c1ccc(Cl)cc1)N2. The molecular formula is C25H26ClNO2. The first-order valence-electron chi connectivity index (χ1n) is 10.7. The van der Waals surface area contributed by atoms with Crippen LogP contribution < -0.4 is 5.32 Å². The van der Waals surface area contributed by atoms with Crippen LogP contribution in [0.4, 0.5) is 5.69 Å². The second-order valence-corrected chi connectivity index (χ2v) is 8.93. The Kier molecular flexibility index (Phi) is 5.09. The average Bonchev–Trinajstić information content (AvgIpc) is 3.24. The molecule has 3 nitrogen and oxygen atoms in total. The summed E-state index contributed by atoms with van der Waals surface area (Å²) in [4.78, 5) is 12.7. The number of carbonyl (C=O) groups excluding carboxylic acids is 1. The second kappa shape index (κ2) is 7.87. The van der Waals surface area contributed by atoms with Crippen molar-refractivity contribution in [3.8, 4) is 0 Å². The molecule has 0 amide bonds. The van der Waals surface area contributed by atoms with Gasteiger partial charge in [-0.25, -0.2) is 4.79 Å². The third kappa shape index (κ3) is 3.69. The number of hydrogen-bond acceptors (Lipinski definition) is 3. The minimum atomic E-state index is -0.182. The minimum Gasteiger partial charge on any atom is -0.459 e. The summed E-state index contributed by atoms with van der Waals surface area (Å²) in [6.07, 6.45) is 11.2. The molecule has 3 unspecified atom stereocenters. The summed E-state index contributed by atoms with van der Waals surface area (Å²) in [6.45, 7) is 0. The van der Waals surface area contributed by atoms with Crippen LogP contribution in [0.25, 0.3) is 0 Å². The van der Waals surface area contributed by atoms with E-state index in [1.165, 1.54) is 17.5 Å². The minimum absolute atomic E-state index is 0.0822. The van der Waals surface area contributed by atoms with E-state index in [9.17, 15) is 4.79 Å². The Labute approximate surface area is 177 Å². The Morgan fingerprint density at radius 1 is 1.03 bits per heavy atom. The fraction of sp³-hybridized carbons (Fsp3) is 0.400. The van der Waals surface area contributed by atoms with Gasteiger partial charge in [-0.2, -0.15) is 0 Å². The maximum absolute atomic E-state index is 12.7. The number of anilines is 1. The molecule has 150 valence electrons. The van der Waals surface area contributed by atoms with Crippen LogP contribution in [0.5, 0.6) is 0 Å². The molecule has 3 atom stereocenters. The molecule has 1 aliphatic heterocycles. The lowest BCUT2D eigenvalue weighted by atomic mass is 9.76. The highest BCUT2D eigenvalue weighted by molar-refractivity contribution is 6.30. The van der Waals surface area contributed by atoms with Gasteiger partial charge >= 0.3 is 5.97 Å². The van der Waals surface area contributed by atoms with Gasteiger partial charge in [0.25, 0.3) is 0 Å². The van der Waals surface area contributed by atoms with Crippen molar-refractivity contribution in [2.45, 2.75) is 56.6 Å². The molecule has 1 fully saturated rings. The topological polar surface area (TPSA) is 38.3 Å². The normalized spacial score (nSPS) is 25.8. The summed E-state index contributed by atoms with van der Waals surface area (Å²) in [5, 5.41) is 4.47. The number of fused-ring (bicyclic) bond motifs is 3. The molecule has 3 aliphatic rings. The molecule has 0 aromatic heterocycles. The lowest BCUT2D eigenvalue weighted by Crippen LogP contribution is -2.29. The van der Waals surface area contributed by atoms with Crippen LogP contribution >= 0.6 is 11.6 Å². The van der Waals surface area contributed by atoms with E-state index in [0.29, 0.717) is 17.4 Å². The quantitative estimate of drug-likeness (QED) is 0.456. The maximum Gasteiger partial charge on any atom is 0.338 e. The fourth-order valence-electron chi connectivity index (χ4n) is 5.12. The van der Waals surface area contributed by atoms with Gasteiger partial charge in [0.2, 0.25) is 0 Å². The average molecular weight is 408 g/mol. The lowest BCUT2D eigenvalue weighted by Gasteiger charge is -2.37. The van der Waals surface area contributed by atoms with E-state index in [0.717, 1.165) is 42.8 Å². The van der Waals surface area contributed by atoms with E-state index >= 15 is 0 Å². The zero-order chi connectivity index (χ0) is 19.8. The fourth-order valence-corrected chi connectivity index (χ4v) is 5.25. The third-order valence-electron chi connectivity index (χ3n) is 6.65. The molecule has 2 aromatic carbocycles. The molecule has 2 aliphatic carbocycles. The van der Waals surface area contributed by atoms with Crippen LogP contribution in [0, 0.1) is 5.92 Å². The highest BCUT2D eigenvalue weighted by Crippen LogP contribution is 2.50. The van der Waals surface area contributed by atoms with E-state index in [2.05, 4.69) is 29.6 Å². The number of rotatable bonds is 3. The molecule has 0 radical (unpaired) electrons. The van der Waals surface area contributed by atoms with Gasteiger partial charge in [-0.05, 0) is 79.5 Å². The van der Waals surface area contributed by atoms with Crippen molar-refractivity contribution in [3.05, 3.63) is 76.3 Å². The Morgan fingerprint density at radius 3 is 2.62 bits per heavy atom. The summed E-state index contributed by atoms with van der Waals surface area (Å²) >= 11 is 6.08. The molecule has 29 heavy (non-hydrogen) atoms. The van der Waals surface area contributed by atoms with Crippen LogP contribution in [0.2, 0.25) is 5.02 Å². The molecule has 0 bridgehead atoms. The van der Waals surface area contributed by atoms with E-state index in [1.54, 1.807) is 0 Å². The lowest BCUT2D eigenvalue weighted by molar-refractivity contribution is 0.0211. The molecule has 1 saturated carbocycles. The van der Waals surface area contributed by atoms with Gasteiger partial charge in [-0.15, -0.1) is 0 Å². The van der Waals surface area contributed by atoms with E-state index < -0.39 is 0 Å². The van der Waals surface area contributed by atoms with Crippen molar-refractivity contribution in [2.24, 2.45) is 5.92 Å². The number of benzene rings is 2. The molecular weight excluding hydrogens is 382 g/mol. The molecule has 1 heterocycles. The number of halogens is 1. The van der Waals surface area contributed by atoms with Crippen LogP contribution in [-0.4, -0.2) is 12.1 Å². The van der Waals surface area contributed by atoms with Crippen molar-refractivity contribution >= 4 is 23.3 Å². The molecule has 0 saturated heterocycles. The van der Waals surface area contributed by atoms with Crippen molar-refractivity contribution in [1.29, 1.82) is 0 Å². The smallest absolute Gasteiger partial charge is 0.338 e. The maximum atomic E-state index is 12.7. The van der Waals surface area contributed by atoms with Crippen molar-refractivity contribution in [1.82, 2.24) is 0 Å². The van der Waals surface area contributed by atoms with Gasteiger partial charge in [-0.1, -0.05) is 42.3 Å². The highest BCUT2D eigenvalue weighted by Gasteiger charge is 2.38. The monoisotopic (exact) mass is 407 g/mol. The van der Waals surface area contributed by atoms with Gasteiger partial charge in [0.05, 0.1) is 11.6 Å². The van der Waals surface area contributed by atoms with Gasteiger partial charge < -0.3 is 10.1 Å². The number of carbonyl (C=O) groups is 1. The number of esters is 1. The van der Waals surface area contributed by atoms with Crippen LogP contribution in [0.15, 0.2) is 54.6 Å². The Balaban J connectivity index is 1.41. The molecule has 1 N–H and O–H groups in total. The van der Waals surface area contributed by atoms with Gasteiger partial charge in [0.1, 0.15) is 6.10 Å². The van der Waals surface area contributed by atoms with Gasteiger partial charge in [-0.3, -0.25) is 0 Å². The predicted molar refractivity (Wildman–Crippen MR) is 117 cm³/mol. The van der Waals surface area contributed by atoms with E-state index in [4.69, 9.17) is 16.3 Å².